The Hall–Kier alpha value is -3.73. The Morgan fingerprint density at radius 1 is 1.09 bits per heavy atom. The molecule has 1 fully saturated rings. The van der Waals surface area contributed by atoms with E-state index < -0.39 is 11.6 Å². The van der Waals surface area contributed by atoms with Gasteiger partial charge in [-0.3, -0.25) is 4.90 Å². The van der Waals surface area contributed by atoms with E-state index in [0.717, 1.165) is 38.1 Å². The van der Waals surface area contributed by atoms with Gasteiger partial charge < -0.3 is 20.0 Å². The van der Waals surface area contributed by atoms with Gasteiger partial charge in [-0.15, -0.1) is 5.10 Å². The van der Waals surface area contributed by atoms with Gasteiger partial charge in [-0.05, 0) is 38.1 Å². The molecule has 0 atom stereocenters. The number of hydrogen-bond donors (Lipinski definition) is 1. The second-order valence-electron chi connectivity index (χ2n) is 8.87. The van der Waals surface area contributed by atoms with E-state index in [2.05, 4.69) is 38.7 Å². The average Bonchev–Trinajstić information content (AvgIpc) is 3.50. The summed E-state index contributed by atoms with van der Waals surface area (Å²) in [5.41, 5.74) is 7.26. The normalized spacial score (nSPS) is 14.8. The van der Waals surface area contributed by atoms with Crippen LogP contribution in [-0.2, 0) is 0 Å². The molecule has 0 spiro atoms. The summed E-state index contributed by atoms with van der Waals surface area (Å²) >= 11 is 0. The molecule has 35 heavy (non-hydrogen) atoms. The van der Waals surface area contributed by atoms with Crippen LogP contribution in [-0.4, -0.2) is 69.8 Å². The number of rotatable bonds is 7. The van der Waals surface area contributed by atoms with Crippen molar-refractivity contribution in [3.05, 3.63) is 54.3 Å². The molecule has 9 nitrogen and oxygen atoms in total. The first kappa shape index (κ1) is 23.0. The van der Waals surface area contributed by atoms with E-state index in [1.165, 1.54) is 16.6 Å². The number of nitrogens with two attached hydrogens (primary N) is 1. The second kappa shape index (κ2) is 9.49. The van der Waals surface area contributed by atoms with Crippen LogP contribution in [0.15, 0.2) is 47.1 Å². The van der Waals surface area contributed by atoms with Crippen molar-refractivity contribution in [1.29, 1.82) is 0 Å². The smallest absolute Gasteiger partial charge is 0.225 e. The molecule has 1 saturated heterocycles. The van der Waals surface area contributed by atoms with Crippen LogP contribution in [0.1, 0.15) is 13.8 Å². The fourth-order valence-corrected chi connectivity index (χ4v) is 4.39. The largest absolute Gasteiger partial charge is 0.461 e. The Morgan fingerprint density at radius 2 is 1.89 bits per heavy atom. The lowest BCUT2D eigenvalue weighted by molar-refractivity contribution is 0.260. The van der Waals surface area contributed by atoms with Crippen LogP contribution in [0.3, 0.4) is 0 Å². The van der Waals surface area contributed by atoms with Gasteiger partial charge in [0.25, 0.3) is 0 Å². The molecular weight excluding hydrogens is 454 g/mol. The lowest BCUT2D eigenvalue weighted by Gasteiger charge is -2.38. The van der Waals surface area contributed by atoms with Crippen molar-refractivity contribution in [2.45, 2.75) is 19.9 Å². The molecular formula is C24H28F2N8O. The van der Waals surface area contributed by atoms with Gasteiger partial charge in [-0.2, -0.15) is 9.50 Å². The van der Waals surface area contributed by atoms with Gasteiger partial charge >= 0.3 is 0 Å². The van der Waals surface area contributed by atoms with Gasteiger partial charge in [0.2, 0.25) is 11.8 Å². The summed E-state index contributed by atoms with van der Waals surface area (Å²) in [6.07, 6.45) is 1.57. The molecule has 0 saturated carbocycles. The van der Waals surface area contributed by atoms with E-state index in [9.17, 15) is 8.78 Å². The molecule has 1 aromatic carbocycles. The van der Waals surface area contributed by atoms with Crippen molar-refractivity contribution in [3.63, 3.8) is 0 Å². The minimum Gasteiger partial charge on any atom is -0.461 e. The highest BCUT2D eigenvalue weighted by Gasteiger charge is 2.22. The van der Waals surface area contributed by atoms with Crippen LogP contribution in [0.4, 0.5) is 26.2 Å². The molecule has 0 bridgehead atoms. The van der Waals surface area contributed by atoms with Crippen molar-refractivity contribution in [3.8, 4) is 11.6 Å². The first-order valence-electron chi connectivity index (χ1n) is 11.6. The van der Waals surface area contributed by atoms with Crippen LogP contribution in [0.25, 0.3) is 17.2 Å². The van der Waals surface area contributed by atoms with Crippen LogP contribution >= 0.6 is 0 Å². The third-order valence-corrected chi connectivity index (χ3v) is 6.28. The minimum absolute atomic E-state index is 0.186. The molecule has 11 heteroatoms. The van der Waals surface area contributed by atoms with Gasteiger partial charge in [-0.1, -0.05) is 0 Å². The molecule has 1 aliphatic heterocycles. The quantitative estimate of drug-likeness (QED) is 0.429. The number of piperazine rings is 1. The zero-order valence-corrected chi connectivity index (χ0v) is 19.7. The molecule has 0 amide bonds. The van der Waals surface area contributed by atoms with Crippen molar-refractivity contribution < 1.29 is 13.2 Å². The number of fused-ring (bicyclic) bond motifs is 1. The maximum Gasteiger partial charge on any atom is 0.225 e. The van der Waals surface area contributed by atoms with E-state index in [-0.39, 0.29) is 12.0 Å². The highest BCUT2D eigenvalue weighted by atomic mass is 19.1. The van der Waals surface area contributed by atoms with Crippen molar-refractivity contribution in [2.75, 3.05) is 54.8 Å². The molecule has 0 unspecified atom stereocenters. The number of hydrogen-bond acceptors (Lipinski definition) is 8. The summed E-state index contributed by atoms with van der Waals surface area (Å²) < 4.78 is 34.3. The topological polar surface area (TPSA) is 92.0 Å². The summed E-state index contributed by atoms with van der Waals surface area (Å²) in [6.45, 7) is 8.69. The Balaban J connectivity index is 1.26. The molecule has 5 rings (SSSR count). The number of nitrogens with zero attached hydrogens (tertiary/aromatic N) is 7. The Morgan fingerprint density at radius 3 is 2.57 bits per heavy atom. The standard InChI is InChI=1S/C24H28F2N8O/c1-16(2)33(12-9-31-7-10-32(11-8-31)19-6-5-17(25)14-18(19)26)21-15-22-28-23(20-4-3-13-35-20)30-34(22)24(27)29-21/h3-6,13-16H,7-12H2,1-2H3,(H2,27,29). The van der Waals surface area contributed by atoms with Crippen LogP contribution in [0.2, 0.25) is 0 Å². The number of benzene rings is 1. The van der Waals surface area contributed by atoms with Crippen LogP contribution in [0.5, 0.6) is 0 Å². The summed E-state index contributed by atoms with van der Waals surface area (Å²) in [7, 11) is 0. The summed E-state index contributed by atoms with van der Waals surface area (Å²) in [4.78, 5) is 15.6. The monoisotopic (exact) mass is 482 g/mol. The van der Waals surface area contributed by atoms with E-state index in [0.29, 0.717) is 36.0 Å². The number of furan rings is 1. The first-order valence-corrected chi connectivity index (χ1v) is 11.6. The van der Waals surface area contributed by atoms with Gasteiger partial charge in [0.15, 0.2) is 11.4 Å². The fourth-order valence-electron chi connectivity index (χ4n) is 4.39. The molecule has 4 aromatic rings. The predicted molar refractivity (Wildman–Crippen MR) is 130 cm³/mol. The molecule has 1 aliphatic rings. The van der Waals surface area contributed by atoms with E-state index in [1.807, 2.05) is 11.0 Å². The lowest BCUT2D eigenvalue weighted by Crippen LogP contribution is -2.49. The van der Waals surface area contributed by atoms with Crippen molar-refractivity contribution in [1.82, 2.24) is 24.5 Å². The van der Waals surface area contributed by atoms with Crippen molar-refractivity contribution in [2.24, 2.45) is 0 Å². The fraction of sp³-hybridized carbons (Fsp3) is 0.375. The van der Waals surface area contributed by atoms with E-state index >= 15 is 0 Å². The molecule has 0 radical (unpaired) electrons. The number of aromatic nitrogens is 4. The zero-order valence-electron chi connectivity index (χ0n) is 19.7. The average molecular weight is 483 g/mol. The van der Waals surface area contributed by atoms with E-state index in [4.69, 9.17) is 10.2 Å². The molecule has 0 aliphatic carbocycles. The van der Waals surface area contributed by atoms with E-state index in [1.54, 1.807) is 18.4 Å². The minimum atomic E-state index is -0.561. The van der Waals surface area contributed by atoms with Crippen molar-refractivity contribution >= 4 is 23.1 Å². The predicted octanol–water partition coefficient (Wildman–Crippen LogP) is 3.28. The van der Waals surface area contributed by atoms with Crippen LogP contribution < -0.4 is 15.5 Å². The summed E-state index contributed by atoms with van der Waals surface area (Å²) in [6, 6.07) is 9.39. The van der Waals surface area contributed by atoms with Gasteiger partial charge in [-0.25, -0.2) is 13.8 Å². The summed E-state index contributed by atoms with van der Waals surface area (Å²) in [5.74, 6) is 0.919. The third kappa shape index (κ3) is 4.76. The van der Waals surface area contributed by atoms with Gasteiger partial charge in [0.1, 0.15) is 17.5 Å². The Labute approximate surface area is 201 Å². The first-order chi connectivity index (χ1) is 16.9. The Bertz CT molecular complexity index is 1300. The molecule has 184 valence electrons. The highest BCUT2D eigenvalue weighted by molar-refractivity contribution is 5.59. The molecule has 2 N–H and O–H groups in total. The highest BCUT2D eigenvalue weighted by Crippen LogP contribution is 2.24. The number of anilines is 3. The maximum atomic E-state index is 14.2. The molecule has 3 aromatic heterocycles. The number of nitrogen functional groups attached to an aromatic ring is 1. The Kier molecular flexibility index (Phi) is 6.25. The SMILES string of the molecule is CC(C)N(CCN1CCN(c2ccc(F)cc2F)CC1)c1cc2nc(-c3ccco3)nn2c(N)n1. The van der Waals surface area contributed by atoms with Gasteiger partial charge in [0, 0.05) is 57.4 Å². The lowest BCUT2D eigenvalue weighted by atomic mass is 10.2. The molecule has 4 heterocycles. The van der Waals surface area contributed by atoms with Crippen LogP contribution in [0, 0.1) is 11.6 Å². The maximum absolute atomic E-state index is 14.2. The zero-order chi connectivity index (χ0) is 24.5. The van der Waals surface area contributed by atoms with Gasteiger partial charge in [0.05, 0.1) is 12.0 Å². The third-order valence-electron chi connectivity index (χ3n) is 6.28. The summed E-state index contributed by atoms with van der Waals surface area (Å²) in [5, 5.41) is 4.41. The second-order valence-corrected chi connectivity index (χ2v) is 8.87. The number of halogens is 2.